The number of allylic oxidation sites excluding steroid dienone is 2. The van der Waals surface area contributed by atoms with Crippen molar-refractivity contribution in [1.82, 2.24) is 0 Å². The van der Waals surface area contributed by atoms with Gasteiger partial charge in [0.05, 0.1) is 34.4 Å². The third-order valence-corrected chi connectivity index (χ3v) is 4.91. The Balaban J connectivity index is 3.96. The Kier molecular flexibility index (Phi) is 14.7. The van der Waals surface area contributed by atoms with Gasteiger partial charge in [-0.3, -0.25) is 13.8 Å². The van der Waals surface area contributed by atoms with E-state index in [0.29, 0.717) is 17.4 Å². The number of likely N-dealkylation sites (N-methyl/N-ethyl adjacent to an activating group) is 1. The van der Waals surface area contributed by atoms with Crippen LogP contribution in [0.1, 0.15) is 51.9 Å². The van der Waals surface area contributed by atoms with Gasteiger partial charge in [-0.15, -0.1) is 0 Å². The molecule has 0 aromatic rings. The lowest BCUT2D eigenvalue weighted by Gasteiger charge is -2.24. The standard InChI is InChI=1S/C19H38NO7P/c1-5-6-7-8-9-10-11-12-13-19(22)27-18(16-21)17-26-28(23,24)25-15-14-20(2,3)4/h5-6,18,21H,7-17H2,1-4H3/p+1/b6-5-/t18-/m1/s1. The summed E-state index contributed by atoms with van der Waals surface area (Å²) in [6.07, 6.45) is 9.55. The molecule has 0 spiro atoms. The van der Waals surface area contributed by atoms with Gasteiger partial charge in [0.25, 0.3) is 0 Å². The number of phosphoric ester groups is 1. The predicted molar refractivity (Wildman–Crippen MR) is 109 cm³/mol. The first-order valence-corrected chi connectivity index (χ1v) is 11.4. The van der Waals surface area contributed by atoms with Crippen molar-refractivity contribution in [3.63, 3.8) is 0 Å². The SMILES string of the molecule is C/C=C\CCCCCCCC(=O)O[C@H](CO)COP(=O)(O)OCC[N+](C)(C)C. The highest BCUT2D eigenvalue weighted by atomic mass is 31.2. The van der Waals surface area contributed by atoms with Gasteiger partial charge in [-0.2, -0.15) is 0 Å². The van der Waals surface area contributed by atoms with Crippen LogP contribution in [0.2, 0.25) is 0 Å². The van der Waals surface area contributed by atoms with Crippen LogP contribution >= 0.6 is 7.82 Å². The Morgan fingerprint density at radius 2 is 1.75 bits per heavy atom. The van der Waals surface area contributed by atoms with Crippen LogP contribution in [-0.2, 0) is 23.1 Å². The van der Waals surface area contributed by atoms with Gasteiger partial charge in [-0.1, -0.05) is 31.4 Å². The molecule has 8 nitrogen and oxygen atoms in total. The first kappa shape index (κ1) is 27.2. The van der Waals surface area contributed by atoms with Crippen LogP contribution in [0.5, 0.6) is 0 Å². The minimum atomic E-state index is -4.25. The molecule has 0 bridgehead atoms. The second kappa shape index (κ2) is 15.1. The van der Waals surface area contributed by atoms with E-state index >= 15 is 0 Å². The topological polar surface area (TPSA) is 102 Å². The van der Waals surface area contributed by atoms with Crippen molar-refractivity contribution in [2.75, 3.05) is 47.5 Å². The van der Waals surface area contributed by atoms with Crippen LogP contribution in [0.3, 0.4) is 0 Å². The Morgan fingerprint density at radius 1 is 1.11 bits per heavy atom. The Morgan fingerprint density at radius 3 is 2.36 bits per heavy atom. The lowest BCUT2D eigenvalue weighted by molar-refractivity contribution is -0.870. The number of aliphatic hydroxyl groups excluding tert-OH is 1. The molecule has 0 aromatic heterocycles. The monoisotopic (exact) mass is 424 g/mol. The first-order chi connectivity index (χ1) is 13.1. The van der Waals surface area contributed by atoms with Gasteiger partial charge in [0.15, 0.2) is 0 Å². The number of carbonyl (C=O) groups is 1. The van der Waals surface area contributed by atoms with Gasteiger partial charge >= 0.3 is 13.8 Å². The molecule has 28 heavy (non-hydrogen) atoms. The normalized spacial score (nSPS) is 15.5. The molecule has 0 amide bonds. The van der Waals surface area contributed by atoms with Crippen LogP contribution in [0.15, 0.2) is 12.2 Å². The highest BCUT2D eigenvalue weighted by Crippen LogP contribution is 2.43. The molecule has 0 radical (unpaired) electrons. The Labute approximate surface area is 169 Å². The number of hydrogen-bond donors (Lipinski definition) is 2. The van der Waals surface area contributed by atoms with Crippen LogP contribution < -0.4 is 0 Å². The summed E-state index contributed by atoms with van der Waals surface area (Å²) in [6, 6.07) is 0. The summed E-state index contributed by atoms with van der Waals surface area (Å²) in [4.78, 5) is 21.5. The molecule has 0 saturated carbocycles. The molecule has 0 aliphatic carbocycles. The molecule has 2 atom stereocenters. The van der Waals surface area contributed by atoms with Crippen LogP contribution in [-0.4, -0.2) is 74.1 Å². The molecule has 0 aliphatic heterocycles. The number of nitrogens with zero attached hydrogens (tertiary/aromatic N) is 1. The Bertz CT molecular complexity index is 491. The lowest BCUT2D eigenvalue weighted by Crippen LogP contribution is -2.37. The number of quaternary nitrogens is 1. The number of rotatable bonds is 17. The maximum absolute atomic E-state index is 11.8. The average molecular weight is 424 g/mol. The second-order valence-electron chi connectivity index (χ2n) is 7.78. The van der Waals surface area contributed by atoms with Crippen molar-refractivity contribution >= 4 is 13.8 Å². The van der Waals surface area contributed by atoms with Crippen LogP contribution in [0.25, 0.3) is 0 Å². The molecule has 0 aliphatic rings. The van der Waals surface area contributed by atoms with E-state index in [1.54, 1.807) is 0 Å². The number of carbonyl (C=O) groups excluding carboxylic acids is 1. The van der Waals surface area contributed by atoms with Gasteiger partial charge in [0, 0.05) is 6.42 Å². The second-order valence-corrected chi connectivity index (χ2v) is 9.23. The molecule has 166 valence electrons. The summed E-state index contributed by atoms with van der Waals surface area (Å²) in [6.45, 7) is 1.70. The molecule has 1 unspecified atom stereocenters. The van der Waals surface area contributed by atoms with E-state index < -0.39 is 33.1 Å². The maximum atomic E-state index is 11.8. The van der Waals surface area contributed by atoms with E-state index in [2.05, 4.69) is 6.08 Å². The van der Waals surface area contributed by atoms with Crippen molar-refractivity contribution in [1.29, 1.82) is 0 Å². The zero-order valence-electron chi connectivity index (χ0n) is 17.8. The Hall–Kier alpha value is -0.760. The van der Waals surface area contributed by atoms with E-state index in [-0.39, 0.29) is 13.0 Å². The van der Waals surface area contributed by atoms with Crippen molar-refractivity contribution in [2.24, 2.45) is 0 Å². The largest absolute Gasteiger partial charge is 0.472 e. The molecule has 0 fully saturated rings. The fourth-order valence-electron chi connectivity index (χ4n) is 2.24. The van der Waals surface area contributed by atoms with Gasteiger partial charge in [-0.25, -0.2) is 4.57 Å². The zero-order chi connectivity index (χ0) is 21.5. The third kappa shape index (κ3) is 17.3. The lowest BCUT2D eigenvalue weighted by atomic mass is 10.1. The summed E-state index contributed by atoms with van der Waals surface area (Å²) in [7, 11) is 1.54. The summed E-state index contributed by atoms with van der Waals surface area (Å²) in [5.41, 5.74) is 0. The molecule has 2 N–H and O–H groups in total. The first-order valence-electron chi connectivity index (χ1n) is 9.93. The third-order valence-electron chi connectivity index (χ3n) is 3.93. The van der Waals surface area contributed by atoms with E-state index in [1.165, 1.54) is 0 Å². The predicted octanol–water partition coefficient (Wildman–Crippen LogP) is 3.04. The minimum absolute atomic E-state index is 0.0512. The smallest absolute Gasteiger partial charge is 0.457 e. The van der Waals surface area contributed by atoms with Crippen molar-refractivity contribution in [3.05, 3.63) is 12.2 Å². The molecular formula is C19H39NO7P+. The van der Waals surface area contributed by atoms with Crippen molar-refractivity contribution in [2.45, 2.75) is 58.0 Å². The van der Waals surface area contributed by atoms with E-state index in [4.69, 9.17) is 13.8 Å². The molecular weight excluding hydrogens is 385 g/mol. The quantitative estimate of drug-likeness (QED) is 0.122. The number of phosphoric acid groups is 1. The number of esters is 1. The fourth-order valence-corrected chi connectivity index (χ4v) is 2.98. The van der Waals surface area contributed by atoms with Crippen molar-refractivity contribution < 1.29 is 37.6 Å². The van der Waals surface area contributed by atoms with Gasteiger partial charge in [0.1, 0.15) is 19.3 Å². The summed E-state index contributed by atoms with van der Waals surface area (Å²) >= 11 is 0. The average Bonchev–Trinajstić information content (AvgIpc) is 2.59. The maximum Gasteiger partial charge on any atom is 0.472 e. The number of hydrogen-bond acceptors (Lipinski definition) is 6. The molecule has 9 heteroatoms. The minimum Gasteiger partial charge on any atom is -0.457 e. The highest BCUT2D eigenvalue weighted by Gasteiger charge is 2.25. The molecule has 0 heterocycles. The fraction of sp³-hybridized carbons (Fsp3) is 0.842. The van der Waals surface area contributed by atoms with Gasteiger partial charge in [-0.05, 0) is 26.2 Å². The highest BCUT2D eigenvalue weighted by molar-refractivity contribution is 7.47. The number of ether oxygens (including phenoxy) is 1. The van der Waals surface area contributed by atoms with Gasteiger partial charge < -0.3 is 19.2 Å². The van der Waals surface area contributed by atoms with E-state index in [1.807, 2.05) is 34.1 Å². The van der Waals surface area contributed by atoms with Crippen LogP contribution in [0, 0.1) is 0 Å². The number of aliphatic hydroxyl groups is 1. The summed E-state index contributed by atoms with van der Waals surface area (Å²) in [5.74, 6) is -0.449. The molecule has 0 saturated heterocycles. The zero-order valence-corrected chi connectivity index (χ0v) is 18.7. The van der Waals surface area contributed by atoms with Crippen LogP contribution in [0.4, 0.5) is 0 Å². The summed E-state index contributed by atoms with van der Waals surface area (Å²) < 4.78 is 27.2. The molecule has 0 rings (SSSR count). The van der Waals surface area contributed by atoms with E-state index in [9.17, 15) is 19.4 Å². The van der Waals surface area contributed by atoms with Crippen molar-refractivity contribution in [3.8, 4) is 0 Å². The summed E-state index contributed by atoms with van der Waals surface area (Å²) in [5, 5.41) is 9.29. The van der Waals surface area contributed by atoms with E-state index in [0.717, 1.165) is 32.1 Å². The molecule has 0 aromatic carbocycles. The van der Waals surface area contributed by atoms with Gasteiger partial charge in [0.2, 0.25) is 0 Å². The number of unbranched alkanes of at least 4 members (excludes halogenated alkanes) is 5.